The zero-order chi connectivity index (χ0) is 17.7. The molecule has 5 heteroatoms. The normalized spacial score (nSPS) is 21.2. The summed E-state index contributed by atoms with van der Waals surface area (Å²) < 4.78 is 38.2. The second-order valence-electron chi connectivity index (χ2n) is 6.99. The lowest BCUT2D eigenvalue weighted by Gasteiger charge is -2.41. The van der Waals surface area contributed by atoms with Crippen LogP contribution in [0.25, 0.3) is 0 Å². The molecule has 1 radical (unpaired) electrons. The Hall–Kier alpha value is -1.07. The average Bonchev–Trinajstić information content (AvgIpc) is 2.55. The maximum absolute atomic E-state index is 12.7. The highest BCUT2D eigenvalue weighted by Gasteiger charge is 2.32. The molecule has 135 valence electrons. The van der Waals surface area contributed by atoms with Gasteiger partial charge in [-0.15, -0.1) is 0 Å². The maximum atomic E-state index is 12.7. The Morgan fingerprint density at radius 2 is 1.83 bits per heavy atom. The van der Waals surface area contributed by atoms with Crippen LogP contribution >= 0.6 is 0 Å². The largest absolute Gasteiger partial charge is 0.416 e. The smallest absolute Gasteiger partial charge is 0.395 e. The van der Waals surface area contributed by atoms with Crippen molar-refractivity contribution in [1.82, 2.24) is 4.90 Å². The Kier molecular flexibility index (Phi) is 6.70. The van der Waals surface area contributed by atoms with Crippen LogP contribution in [0.3, 0.4) is 0 Å². The van der Waals surface area contributed by atoms with Crippen LogP contribution in [0, 0.1) is 12.3 Å². The van der Waals surface area contributed by atoms with E-state index in [1.807, 2.05) is 0 Å². The molecular formula is C19H27F3NO. The van der Waals surface area contributed by atoms with Gasteiger partial charge in [-0.2, -0.15) is 13.2 Å². The molecule has 1 aromatic rings. The lowest BCUT2D eigenvalue weighted by Crippen LogP contribution is -2.43. The van der Waals surface area contributed by atoms with Crippen molar-refractivity contribution in [3.63, 3.8) is 0 Å². The Labute approximate surface area is 142 Å². The van der Waals surface area contributed by atoms with Gasteiger partial charge in [-0.3, -0.25) is 4.90 Å². The highest BCUT2D eigenvalue weighted by molar-refractivity contribution is 5.27. The third kappa shape index (κ3) is 4.96. The predicted molar refractivity (Wildman–Crippen MR) is 89.4 cm³/mol. The van der Waals surface area contributed by atoms with Gasteiger partial charge in [0.25, 0.3) is 0 Å². The first-order valence-corrected chi connectivity index (χ1v) is 8.68. The van der Waals surface area contributed by atoms with Gasteiger partial charge in [0, 0.05) is 12.1 Å². The van der Waals surface area contributed by atoms with Crippen LogP contribution in [0.5, 0.6) is 0 Å². The monoisotopic (exact) mass is 342 g/mol. The van der Waals surface area contributed by atoms with E-state index in [2.05, 4.69) is 25.2 Å². The third-order valence-electron chi connectivity index (χ3n) is 4.76. The van der Waals surface area contributed by atoms with E-state index in [1.54, 1.807) is 12.1 Å². The molecular weight excluding hydrogens is 315 g/mol. The summed E-state index contributed by atoms with van der Waals surface area (Å²) >= 11 is 0. The number of piperidine rings is 1. The zero-order valence-electron chi connectivity index (χ0n) is 14.4. The fraction of sp³-hybridized carbons (Fsp3) is 0.632. The Bertz CT molecular complexity index is 498. The summed E-state index contributed by atoms with van der Waals surface area (Å²) in [4.78, 5) is 2.27. The summed E-state index contributed by atoms with van der Waals surface area (Å²) in [6, 6.07) is 5.58. The second-order valence-corrected chi connectivity index (χ2v) is 6.99. The summed E-state index contributed by atoms with van der Waals surface area (Å²) in [5.74, 6) is 0.569. The van der Waals surface area contributed by atoms with Gasteiger partial charge < -0.3 is 5.11 Å². The number of nitrogens with zero attached hydrogens (tertiary/aromatic N) is 1. The first kappa shape index (κ1) is 19.3. The molecule has 2 rings (SSSR count). The molecule has 0 unspecified atom stereocenters. The van der Waals surface area contributed by atoms with Crippen molar-refractivity contribution in [2.75, 3.05) is 13.2 Å². The lowest BCUT2D eigenvalue weighted by atomic mass is 9.91. The van der Waals surface area contributed by atoms with Crippen molar-refractivity contribution in [3.8, 4) is 0 Å². The van der Waals surface area contributed by atoms with Crippen molar-refractivity contribution in [2.45, 2.75) is 57.8 Å². The molecule has 0 amide bonds. The minimum absolute atomic E-state index is 0.0466. The van der Waals surface area contributed by atoms with Crippen molar-refractivity contribution in [1.29, 1.82) is 0 Å². The van der Waals surface area contributed by atoms with E-state index in [0.717, 1.165) is 49.9 Å². The van der Waals surface area contributed by atoms with Crippen LogP contribution in [0.4, 0.5) is 13.2 Å². The van der Waals surface area contributed by atoms with Gasteiger partial charge in [0.05, 0.1) is 12.2 Å². The standard InChI is InChI=1S/C19H27F3NO/c1-14(2)6-11-17(13-24)23-12-4-3-5-18(23)15-7-9-16(10-8-15)19(20,21)22/h3,7-10,14,17-18,24H,4-6,11-13H2,1-2H3/t17-,18+/m1/s1. The van der Waals surface area contributed by atoms with E-state index in [0.29, 0.717) is 5.92 Å². The molecule has 0 aliphatic carbocycles. The van der Waals surface area contributed by atoms with Crippen molar-refractivity contribution >= 4 is 0 Å². The zero-order valence-corrected chi connectivity index (χ0v) is 14.4. The first-order valence-electron chi connectivity index (χ1n) is 8.68. The molecule has 1 N–H and O–H groups in total. The number of rotatable bonds is 6. The van der Waals surface area contributed by atoms with E-state index < -0.39 is 11.7 Å². The molecule has 24 heavy (non-hydrogen) atoms. The predicted octanol–water partition coefficient (Wildman–Crippen LogP) is 4.84. The van der Waals surface area contributed by atoms with Crippen molar-refractivity contribution in [3.05, 3.63) is 41.8 Å². The Balaban J connectivity index is 2.15. The van der Waals surface area contributed by atoms with Crippen LogP contribution in [-0.2, 0) is 6.18 Å². The van der Waals surface area contributed by atoms with Gasteiger partial charge in [-0.1, -0.05) is 26.0 Å². The number of alkyl halides is 3. The molecule has 0 bridgehead atoms. The fourth-order valence-electron chi connectivity index (χ4n) is 3.35. The van der Waals surface area contributed by atoms with E-state index in [-0.39, 0.29) is 18.7 Å². The average molecular weight is 342 g/mol. The van der Waals surface area contributed by atoms with Crippen molar-refractivity contribution < 1.29 is 18.3 Å². The first-order chi connectivity index (χ1) is 11.3. The molecule has 1 aromatic carbocycles. The summed E-state index contributed by atoms with van der Waals surface area (Å²) in [5.41, 5.74) is 0.276. The summed E-state index contributed by atoms with van der Waals surface area (Å²) in [6.45, 7) is 5.25. The molecule has 0 aromatic heterocycles. The van der Waals surface area contributed by atoms with Gasteiger partial charge in [0.15, 0.2) is 0 Å². The van der Waals surface area contributed by atoms with Crippen LogP contribution in [-0.4, -0.2) is 29.2 Å². The summed E-state index contributed by atoms with van der Waals surface area (Å²) in [7, 11) is 0. The molecule has 0 spiro atoms. The number of halogens is 3. The number of hydrogen-bond acceptors (Lipinski definition) is 2. The van der Waals surface area contributed by atoms with Gasteiger partial charge >= 0.3 is 6.18 Å². The van der Waals surface area contributed by atoms with E-state index in [1.165, 1.54) is 0 Å². The van der Waals surface area contributed by atoms with E-state index in [4.69, 9.17) is 0 Å². The topological polar surface area (TPSA) is 23.5 Å². The molecule has 2 atom stereocenters. The summed E-state index contributed by atoms with van der Waals surface area (Å²) in [6.07, 6.45) is 1.59. The maximum Gasteiger partial charge on any atom is 0.416 e. The number of aliphatic hydroxyl groups is 1. The molecule has 0 saturated carbocycles. The van der Waals surface area contributed by atoms with Crippen molar-refractivity contribution in [2.24, 2.45) is 5.92 Å². The van der Waals surface area contributed by atoms with Crippen LogP contribution in [0.1, 0.15) is 56.7 Å². The molecule has 1 saturated heterocycles. The van der Waals surface area contributed by atoms with Crippen LogP contribution in [0.2, 0.25) is 0 Å². The third-order valence-corrected chi connectivity index (χ3v) is 4.76. The molecule has 2 nitrogen and oxygen atoms in total. The van der Waals surface area contributed by atoms with Gasteiger partial charge in [-0.25, -0.2) is 0 Å². The number of hydrogen-bond donors (Lipinski definition) is 1. The number of likely N-dealkylation sites (tertiary alicyclic amines) is 1. The lowest BCUT2D eigenvalue weighted by molar-refractivity contribution is -0.137. The minimum Gasteiger partial charge on any atom is -0.395 e. The van der Waals surface area contributed by atoms with Gasteiger partial charge in [0.2, 0.25) is 0 Å². The number of aliphatic hydroxyl groups excluding tert-OH is 1. The van der Waals surface area contributed by atoms with Crippen LogP contribution < -0.4 is 0 Å². The quantitative estimate of drug-likeness (QED) is 0.799. The number of benzene rings is 1. The highest BCUT2D eigenvalue weighted by Crippen LogP contribution is 2.35. The van der Waals surface area contributed by atoms with Crippen LogP contribution in [0.15, 0.2) is 24.3 Å². The van der Waals surface area contributed by atoms with Gasteiger partial charge in [-0.05, 0) is 62.3 Å². The Morgan fingerprint density at radius 1 is 1.17 bits per heavy atom. The molecule has 1 aliphatic rings. The fourth-order valence-corrected chi connectivity index (χ4v) is 3.35. The second kappa shape index (κ2) is 8.34. The molecule has 1 fully saturated rings. The summed E-state index contributed by atoms with van der Waals surface area (Å²) in [5, 5.41) is 9.81. The molecule has 1 aliphatic heterocycles. The highest BCUT2D eigenvalue weighted by atomic mass is 19.4. The SMILES string of the molecule is CC(C)CC[C@H](CO)N1CC[CH]C[C@H]1c1ccc(C(F)(F)F)cc1. The van der Waals surface area contributed by atoms with E-state index >= 15 is 0 Å². The Morgan fingerprint density at radius 3 is 2.38 bits per heavy atom. The molecule has 1 heterocycles. The van der Waals surface area contributed by atoms with Gasteiger partial charge in [0.1, 0.15) is 0 Å². The minimum atomic E-state index is -4.30. The van der Waals surface area contributed by atoms with E-state index in [9.17, 15) is 18.3 Å².